The number of hydrogen-bond acceptors (Lipinski definition) is 6. The molecule has 1 aromatic carbocycles. The fourth-order valence-electron chi connectivity index (χ4n) is 4.07. The maximum absolute atomic E-state index is 6.12. The van der Waals surface area contributed by atoms with Gasteiger partial charge in [0, 0.05) is 43.9 Å². The standard InChI is InChI=1S/C21H25N3O3/c1-22-9-11-23(12-10-22)18-4-2-5-19-17(18)14-16(15-26-19)24-8-7-21(27-24)20-6-3-13-25-20/h2-7,13,16H,8-12,14-15H2,1H3/t16-/m0/s1. The van der Waals surface area contributed by atoms with Crippen molar-refractivity contribution in [2.24, 2.45) is 0 Å². The van der Waals surface area contributed by atoms with Gasteiger partial charge in [-0.15, -0.1) is 5.06 Å². The zero-order valence-corrected chi connectivity index (χ0v) is 15.6. The first-order chi connectivity index (χ1) is 13.3. The Balaban J connectivity index is 1.32. The van der Waals surface area contributed by atoms with Crippen molar-refractivity contribution in [2.45, 2.75) is 12.5 Å². The third kappa shape index (κ3) is 3.19. The SMILES string of the molecule is CN1CCN(c2cccc3c2C[C@H](N2CC=C(c4ccco4)O2)CO3)CC1. The molecule has 2 aromatic rings. The molecule has 0 radical (unpaired) electrons. The average Bonchev–Trinajstić information content (AvgIpc) is 3.39. The molecule has 0 saturated carbocycles. The number of benzene rings is 1. The number of hydrogen-bond donors (Lipinski definition) is 0. The van der Waals surface area contributed by atoms with E-state index in [4.69, 9.17) is 14.0 Å². The fourth-order valence-corrected chi connectivity index (χ4v) is 4.07. The number of nitrogens with zero attached hydrogens (tertiary/aromatic N) is 3. The second-order valence-corrected chi connectivity index (χ2v) is 7.45. The van der Waals surface area contributed by atoms with Gasteiger partial charge in [-0.2, -0.15) is 0 Å². The monoisotopic (exact) mass is 367 g/mol. The Kier molecular flexibility index (Phi) is 4.30. The molecule has 1 aromatic heterocycles. The Morgan fingerprint density at radius 3 is 2.74 bits per heavy atom. The number of hydroxylamine groups is 2. The lowest BCUT2D eigenvalue weighted by Gasteiger charge is -2.38. The van der Waals surface area contributed by atoms with E-state index < -0.39 is 0 Å². The first kappa shape index (κ1) is 16.7. The second kappa shape index (κ2) is 6.94. The molecule has 6 nitrogen and oxygen atoms in total. The van der Waals surface area contributed by atoms with Crippen LogP contribution in [0.25, 0.3) is 5.76 Å². The van der Waals surface area contributed by atoms with Crippen LogP contribution >= 0.6 is 0 Å². The number of furan rings is 1. The van der Waals surface area contributed by atoms with Crippen molar-refractivity contribution in [2.75, 3.05) is 51.3 Å². The molecule has 0 N–H and O–H groups in total. The average molecular weight is 367 g/mol. The lowest BCUT2D eigenvalue weighted by molar-refractivity contribution is -0.112. The van der Waals surface area contributed by atoms with Gasteiger partial charge in [0.05, 0.1) is 18.8 Å². The highest BCUT2D eigenvalue weighted by atomic mass is 16.7. The molecule has 0 bridgehead atoms. The maximum Gasteiger partial charge on any atom is 0.187 e. The summed E-state index contributed by atoms with van der Waals surface area (Å²) in [5, 5.41) is 2.02. The van der Waals surface area contributed by atoms with E-state index in [1.165, 1.54) is 11.3 Å². The molecule has 1 fully saturated rings. The summed E-state index contributed by atoms with van der Waals surface area (Å²) in [5.74, 6) is 2.58. The second-order valence-electron chi connectivity index (χ2n) is 7.45. The van der Waals surface area contributed by atoms with E-state index >= 15 is 0 Å². The minimum absolute atomic E-state index is 0.190. The van der Waals surface area contributed by atoms with Crippen LogP contribution in [-0.4, -0.2) is 62.4 Å². The van der Waals surface area contributed by atoms with Crippen LogP contribution in [0.2, 0.25) is 0 Å². The number of anilines is 1. The molecular weight excluding hydrogens is 342 g/mol. The summed E-state index contributed by atoms with van der Waals surface area (Å²) >= 11 is 0. The largest absolute Gasteiger partial charge is 0.491 e. The normalized spacial score (nSPS) is 23.5. The van der Waals surface area contributed by atoms with Crippen molar-refractivity contribution in [1.82, 2.24) is 9.96 Å². The van der Waals surface area contributed by atoms with E-state index in [-0.39, 0.29) is 6.04 Å². The van der Waals surface area contributed by atoms with Gasteiger partial charge in [0.1, 0.15) is 12.4 Å². The van der Waals surface area contributed by atoms with E-state index in [0.717, 1.165) is 56.4 Å². The summed E-state index contributed by atoms with van der Waals surface area (Å²) in [6.07, 6.45) is 4.67. The Labute approximate surface area is 159 Å². The van der Waals surface area contributed by atoms with Gasteiger partial charge in [-0.1, -0.05) is 6.07 Å². The van der Waals surface area contributed by atoms with Gasteiger partial charge in [0.15, 0.2) is 11.5 Å². The van der Waals surface area contributed by atoms with Crippen molar-refractivity contribution in [3.05, 3.63) is 54.0 Å². The molecule has 3 aliphatic heterocycles. The van der Waals surface area contributed by atoms with E-state index in [1.54, 1.807) is 6.26 Å². The lowest BCUT2D eigenvalue weighted by atomic mass is 9.99. The van der Waals surface area contributed by atoms with Crippen LogP contribution in [0, 0.1) is 0 Å². The minimum Gasteiger partial charge on any atom is -0.491 e. The summed E-state index contributed by atoms with van der Waals surface area (Å²) in [6, 6.07) is 10.4. The summed E-state index contributed by atoms with van der Waals surface area (Å²) in [6.45, 7) is 5.69. The molecular formula is C21H25N3O3. The Hall–Kier alpha value is -2.44. The molecule has 0 aliphatic carbocycles. The van der Waals surface area contributed by atoms with Crippen LogP contribution in [0.1, 0.15) is 11.3 Å². The van der Waals surface area contributed by atoms with Crippen LogP contribution in [-0.2, 0) is 11.3 Å². The highest BCUT2D eigenvalue weighted by Gasteiger charge is 2.33. The molecule has 5 rings (SSSR count). The van der Waals surface area contributed by atoms with Gasteiger partial charge in [0.2, 0.25) is 0 Å². The molecule has 142 valence electrons. The number of likely N-dealkylation sites (N-methyl/N-ethyl adjacent to an activating group) is 1. The molecule has 0 unspecified atom stereocenters. The van der Waals surface area contributed by atoms with Gasteiger partial charge in [-0.25, -0.2) is 0 Å². The molecule has 0 spiro atoms. The maximum atomic E-state index is 6.12. The first-order valence-electron chi connectivity index (χ1n) is 9.65. The smallest absolute Gasteiger partial charge is 0.187 e. The van der Waals surface area contributed by atoms with Crippen molar-refractivity contribution >= 4 is 11.4 Å². The summed E-state index contributed by atoms with van der Waals surface area (Å²) < 4.78 is 11.6. The number of fused-ring (bicyclic) bond motifs is 1. The minimum atomic E-state index is 0.190. The molecule has 27 heavy (non-hydrogen) atoms. The number of rotatable bonds is 3. The van der Waals surface area contributed by atoms with Crippen LogP contribution in [0.4, 0.5) is 5.69 Å². The third-order valence-electron chi connectivity index (χ3n) is 5.67. The number of piperazine rings is 1. The van der Waals surface area contributed by atoms with Crippen LogP contribution in [0.15, 0.2) is 47.1 Å². The summed E-state index contributed by atoms with van der Waals surface area (Å²) in [5.41, 5.74) is 2.61. The molecule has 1 atom stereocenters. The predicted octanol–water partition coefficient (Wildman–Crippen LogP) is 2.62. The molecule has 3 aliphatic rings. The predicted molar refractivity (Wildman–Crippen MR) is 104 cm³/mol. The lowest BCUT2D eigenvalue weighted by Crippen LogP contribution is -2.46. The number of ether oxygens (including phenoxy) is 1. The molecule has 6 heteroatoms. The van der Waals surface area contributed by atoms with Crippen LogP contribution in [0.3, 0.4) is 0 Å². The fraction of sp³-hybridized carbons (Fsp3) is 0.429. The van der Waals surface area contributed by atoms with Crippen molar-refractivity contribution in [1.29, 1.82) is 0 Å². The Morgan fingerprint density at radius 2 is 1.93 bits per heavy atom. The molecule has 1 saturated heterocycles. The van der Waals surface area contributed by atoms with Gasteiger partial charge < -0.3 is 23.8 Å². The third-order valence-corrected chi connectivity index (χ3v) is 5.67. The van der Waals surface area contributed by atoms with Gasteiger partial charge >= 0.3 is 0 Å². The van der Waals surface area contributed by atoms with Crippen LogP contribution in [0.5, 0.6) is 5.75 Å². The molecule has 0 amide bonds. The van der Waals surface area contributed by atoms with E-state index in [1.807, 2.05) is 17.2 Å². The first-order valence-corrected chi connectivity index (χ1v) is 9.65. The van der Waals surface area contributed by atoms with Gasteiger partial charge in [0.25, 0.3) is 0 Å². The zero-order chi connectivity index (χ0) is 18.2. The van der Waals surface area contributed by atoms with Crippen molar-refractivity contribution in [3.63, 3.8) is 0 Å². The van der Waals surface area contributed by atoms with Gasteiger partial charge in [-0.05, 0) is 37.4 Å². The zero-order valence-electron chi connectivity index (χ0n) is 15.6. The highest BCUT2D eigenvalue weighted by Crippen LogP contribution is 2.36. The van der Waals surface area contributed by atoms with E-state index in [9.17, 15) is 0 Å². The highest BCUT2D eigenvalue weighted by molar-refractivity contribution is 5.61. The van der Waals surface area contributed by atoms with Crippen molar-refractivity contribution in [3.8, 4) is 5.75 Å². The molecule has 4 heterocycles. The van der Waals surface area contributed by atoms with Crippen molar-refractivity contribution < 1.29 is 14.0 Å². The summed E-state index contributed by atoms with van der Waals surface area (Å²) in [7, 11) is 2.19. The quantitative estimate of drug-likeness (QED) is 0.831. The Bertz CT molecular complexity index is 825. The Morgan fingerprint density at radius 1 is 1.04 bits per heavy atom. The van der Waals surface area contributed by atoms with E-state index in [2.05, 4.69) is 41.1 Å². The van der Waals surface area contributed by atoms with Crippen LogP contribution < -0.4 is 9.64 Å². The van der Waals surface area contributed by atoms with Gasteiger partial charge in [-0.3, -0.25) is 0 Å². The topological polar surface area (TPSA) is 41.3 Å². The van der Waals surface area contributed by atoms with E-state index in [0.29, 0.717) is 6.61 Å². The summed E-state index contributed by atoms with van der Waals surface area (Å²) in [4.78, 5) is 10.9.